The highest BCUT2D eigenvalue weighted by atomic mass is 32.2. The number of carbonyl (C=O) groups is 1. The van der Waals surface area contributed by atoms with Crippen molar-refractivity contribution in [3.8, 4) is 0 Å². The Morgan fingerprint density at radius 2 is 1.79 bits per heavy atom. The third-order valence-electron chi connectivity index (χ3n) is 6.14. The van der Waals surface area contributed by atoms with Crippen LogP contribution in [0.5, 0.6) is 0 Å². The molecule has 0 aromatic heterocycles. The zero-order chi connectivity index (χ0) is 20.0. The number of anilines is 1. The molecule has 0 saturated carbocycles. The molecule has 2 heterocycles. The second-order valence-corrected chi connectivity index (χ2v) is 9.55. The van der Waals surface area contributed by atoms with Gasteiger partial charge in [-0.2, -0.15) is 8.42 Å². The molecule has 5 rings (SSSR count). The summed E-state index contributed by atoms with van der Waals surface area (Å²) in [5, 5.41) is 3.07. The quantitative estimate of drug-likeness (QED) is 0.827. The van der Waals surface area contributed by atoms with Crippen molar-refractivity contribution in [2.75, 3.05) is 18.4 Å². The highest BCUT2D eigenvalue weighted by Gasteiger charge is 2.34. The molecule has 0 bridgehead atoms. The van der Waals surface area contributed by atoms with Gasteiger partial charge in [-0.25, -0.2) is 0 Å². The number of sulfonamides is 1. The van der Waals surface area contributed by atoms with Crippen molar-refractivity contribution in [3.63, 3.8) is 0 Å². The van der Waals surface area contributed by atoms with Crippen molar-refractivity contribution in [2.45, 2.75) is 37.0 Å². The Morgan fingerprint density at radius 1 is 1.03 bits per heavy atom. The molecule has 1 aliphatic carbocycles. The Hall–Kier alpha value is -2.67. The lowest BCUT2D eigenvalue weighted by molar-refractivity contribution is -0.120. The van der Waals surface area contributed by atoms with E-state index in [2.05, 4.69) is 21.8 Å². The maximum atomic E-state index is 12.7. The van der Waals surface area contributed by atoms with Gasteiger partial charge in [0.15, 0.2) is 5.84 Å². The molecule has 0 spiro atoms. The SMILES string of the molecule is O=C(Nc1ccc2c(c1)CCC2)C1CCN(C2=NS(=O)(=O)c3ccccc32)CC1. The van der Waals surface area contributed by atoms with Crippen molar-refractivity contribution < 1.29 is 13.2 Å². The first-order chi connectivity index (χ1) is 14.0. The number of hydrogen-bond acceptors (Lipinski definition) is 4. The van der Waals surface area contributed by atoms with E-state index >= 15 is 0 Å². The summed E-state index contributed by atoms with van der Waals surface area (Å²) in [7, 11) is -3.61. The van der Waals surface area contributed by atoms with E-state index in [1.54, 1.807) is 18.2 Å². The van der Waals surface area contributed by atoms with Crippen LogP contribution in [0.2, 0.25) is 0 Å². The fourth-order valence-corrected chi connectivity index (χ4v) is 5.79. The van der Waals surface area contributed by atoms with Gasteiger partial charge in [0, 0.05) is 30.3 Å². The average Bonchev–Trinajstić information content (AvgIpc) is 3.30. The molecule has 1 amide bonds. The topological polar surface area (TPSA) is 78.8 Å². The summed E-state index contributed by atoms with van der Waals surface area (Å²) >= 11 is 0. The third kappa shape index (κ3) is 3.33. The van der Waals surface area contributed by atoms with Crippen molar-refractivity contribution in [1.82, 2.24) is 4.90 Å². The maximum absolute atomic E-state index is 12.7. The number of hydrogen-bond donors (Lipinski definition) is 1. The number of amides is 1. The highest BCUT2D eigenvalue weighted by Crippen LogP contribution is 2.30. The molecular weight excluding hydrogens is 386 g/mol. The number of aryl methyl sites for hydroxylation is 2. The predicted molar refractivity (Wildman–Crippen MR) is 112 cm³/mol. The molecule has 29 heavy (non-hydrogen) atoms. The van der Waals surface area contributed by atoms with Gasteiger partial charge in [0.05, 0.1) is 0 Å². The van der Waals surface area contributed by atoms with Crippen LogP contribution in [0.1, 0.15) is 36.0 Å². The normalized spacial score (nSPS) is 20.1. The van der Waals surface area contributed by atoms with Gasteiger partial charge in [0.25, 0.3) is 10.0 Å². The number of benzene rings is 2. The number of nitrogens with zero attached hydrogens (tertiary/aromatic N) is 2. The minimum Gasteiger partial charge on any atom is -0.355 e. The van der Waals surface area contributed by atoms with E-state index in [0.29, 0.717) is 37.3 Å². The van der Waals surface area contributed by atoms with E-state index in [4.69, 9.17) is 0 Å². The Morgan fingerprint density at radius 3 is 2.62 bits per heavy atom. The summed E-state index contributed by atoms with van der Waals surface area (Å²) in [5.74, 6) is 0.482. The number of likely N-dealkylation sites (tertiary alicyclic amines) is 1. The molecular formula is C22H23N3O3S. The summed E-state index contributed by atoms with van der Waals surface area (Å²) < 4.78 is 28.6. The van der Waals surface area contributed by atoms with Crippen LogP contribution in [0.4, 0.5) is 5.69 Å². The fourth-order valence-electron chi connectivity index (χ4n) is 4.56. The summed E-state index contributed by atoms with van der Waals surface area (Å²) in [6.07, 6.45) is 4.76. The smallest absolute Gasteiger partial charge is 0.285 e. The Labute approximate surface area is 170 Å². The Kier molecular flexibility index (Phi) is 4.42. The fraction of sp³-hybridized carbons (Fsp3) is 0.364. The van der Waals surface area contributed by atoms with Gasteiger partial charge in [-0.05, 0) is 67.5 Å². The largest absolute Gasteiger partial charge is 0.355 e. The first-order valence-corrected chi connectivity index (χ1v) is 11.6. The van der Waals surface area contributed by atoms with Crippen LogP contribution in [0, 0.1) is 5.92 Å². The second-order valence-electron chi connectivity index (χ2n) is 7.97. The summed E-state index contributed by atoms with van der Waals surface area (Å²) in [5.41, 5.74) is 4.27. The molecule has 0 radical (unpaired) electrons. The van der Waals surface area contributed by atoms with Crippen molar-refractivity contribution in [3.05, 3.63) is 59.2 Å². The zero-order valence-corrected chi connectivity index (χ0v) is 16.9. The van der Waals surface area contributed by atoms with Gasteiger partial charge in [0.1, 0.15) is 4.90 Å². The van der Waals surface area contributed by atoms with Gasteiger partial charge >= 0.3 is 0 Å². The predicted octanol–water partition coefficient (Wildman–Crippen LogP) is 2.97. The average molecular weight is 410 g/mol. The van der Waals surface area contributed by atoms with Gasteiger partial charge in [-0.15, -0.1) is 4.40 Å². The molecule has 2 aliphatic heterocycles. The van der Waals surface area contributed by atoms with Crippen LogP contribution >= 0.6 is 0 Å². The van der Waals surface area contributed by atoms with Gasteiger partial charge in [0.2, 0.25) is 5.91 Å². The first kappa shape index (κ1) is 18.4. The number of amidine groups is 1. The zero-order valence-electron chi connectivity index (χ0n) is 16.1. The first-order valence-electron chi connectivity index (χ1n) is 10.1. The van der Waals surface area contributed by atoms with Crippen LogP contribution in [-0.4, -0.2) is 38.2 Å². The summed E-state index contributed by atoms with van der Waals surface area (Å²) in [6, 6.07) is 13.1. The number of piperidine rings is 1. The molecule has 2 aromatic rings. The lowest BCUT2D eigenvalue weighted by Gasteiger charge is -2.32. The van der Waals surface area contributed by atoms with Crippen LogP contribution in [-0.2, 0) is 27.7 Å². The molecule has 1 N–H and O–H groups in total. The minimum atomic E-state index is -3.61. The van der Waals surface area contributed by atoms with Gasteiger partial charge in [-0.3, -0.25) is 4.79 Å². The standard InChI is InChI=1S/C22H23N3O3S/c26-22(23-18-9-8-15-4-3-5-17(15)14-18)16-10-12-25(13-11-16)21-19-6-1-2-7-20(19)29(27,28)24-21/h1-2,6-9,14,16H,3-5,10-13H2,(H,23,26). The van der Waals surface area contributed by atoms with E-state index < -0.39 is 10.0 Å². The number of fused-ring (bicyclic) bond motifs is 2. The van der Waals surface area contributed by atoms with Crippen LogP contribution < -0.4 is 5.32 Å². The molecule has 3 aliphatic rings. The van der Waals surface area contributed by atoms with Crippen LogP contribution in [0.3, 0.4) is 0 Å². The Bertz CT molecular complexity index is 1120. The monoisotopic (exact) mass is 409 g/mol. The van der Waals surface area contributed by atoms with Crippen LogP contribution in [0.25, 0.3) is 0 Å². The summed E-state index contributed by atoms with van der Waals surface area (Å²) in [6.45, 7) is 1.23. The summed E-state index contributed by atoms with van der Waals surface area (Å²) in [4.78, 5) is 15.0. The molecule has 1 fully saturated rings. The van der Waals surface area contributed by atoms with Crippen LogP contribution in [0.15, 0.2) is 51.8 Å². The molecule has 0 atom stereocenters. The van der Waals surface area contributed by atoms with Gasteiger partial charge in [-0.1, -0.05) is 18.2 Å². The second kappa shape index (κ2) is 6.99. The molecule has 6 nitrogen and oxygen atoms in total. The van der Waals surface area contributed by atoms with Crippen molar-refractivity contribution >= 4 is 27.5 Å². The van der Waals surface area contributed by atoms with E-state index in [0.717, 1.165) is 18.5 Å². The van der Waals surface area contributed by atoms with E-state index in [-0.39, 0.29) is 16.7 Å². The molecule has 7 heteroatoms. The molecule has 1 saturated heterocycles. The molecule has 150 valence electrons. The van der Waals surface area contributed by atoms with E-state index in [1.807, 2.05) is 17.0 Å². The minimum absolute atomic E-state index is 0.0454. The molecule has 0 unspecified atom stereocenters. The number of nitrogens with one attached hydrogen (secondary N) is 1. The lowest BCUT2D eigenvalue weighted by Crippen LogP contribution is -2.41. The number of carbonyl (C=O) groups excluding carboxylic acids is 1. The Balaban J connectivity index is 1.25. The van der Waals surface area contributed by atoms with E-state index in [9.17, 15) is 13.2 Å². The number of rotatable bonds is 2. The van der Waals surface area contributed by atoms with Crippen molar-refractivity contribution in [2.24, 2.45) is 10.3 Å². The highest BCUT2D eigenvalue weighted by molar-refractivity contribution is 7.90. The third-order valence-corrected chi connectivity index (χ3v) is 7.47. The molecule has 2 aromatic carbocycles. The van der Waals surface area contributed by atoms with E-state index in [1.165, 1.54) is 17.5 Å². The van der Waals surface area contributed by atoms with Crippen molar-refractivity contribution in [1.29, 1.82) is 0 Å². The maximum Gasteiger partial charge on any atom is 0.285 e. The van der Waals surface area contributed by atoms with Gasteiger partial charge < -0.3 is 10.2 Å². The lowest BCUT2D eigenvalue weighted by atomic mass is 9.95.